The van der Waals surface area contributed by atoms with Crippen LogP contribution in [0.15, 0.2) is 22.6 Å². The molecule has 4 rings (SSSR count). The van der Waals surface area contributed by atoms with Gasteiger partial charge in [0.1, 0.15) is 11.6 Å². The number of aromatic nitrogens is 1. The maximum absolute atomic E-state index is 13.6. The first-order valence-corrected chi connectivity index (χ1v) is 7.85. The Morgan fingerprint density at radius 2 is 2.14 bits per heavy atom. The second-order valence-electron chi connectivity index (χ2n) is 6.01. The highest BCUT2D eigenvalue weighted by Gasteiger charge is 2.42. The summed E-state index contributed by atoms with van der Waals surface area (Å²) in [6, 6.07) is 4.99. The normalized spacial score (nSPS) is 24.1. The molecule has 0 unspecified atom stereocenters. The summed E-state index contributed by atoms with van der Waals surface area (Å²) >= 11 is 0. The van der Waals surface area contributed by atoms with Gasteiger partial charge in [-0.15, -0.1) is 0 Å². The fourth-order valence-electron chi connectivity index (χ4n) is 3.26. The minimum atomic E-state index is -0.379. The minimum Gasteiger partial charge on any atom is -0.423 e. The van der Waals surface area contributed by atoms with Crippen molar-refractivity contribution in [2.24, 2.45) is 0 Å². The summed E-state index contributed by atoms with van der Waals surface area (Å²) in [4.78, 5) is 4.13. The molecule has 1 aliphatic heterocycles. The van der Waals surface area contributed by atoms with Gasteiger partial charge < -0.3 is 19.2 Å². The lowest BCUT2D eigenvalue weighted by Gasteiger charge is -2.31. The number of nitrogens with one attached hydrogen (secondary N) is 1. The van der Waals surface area contributed by atoms with Crippen LogP contribution in [0.3, 0.4) is 0 Å². The van der Waals surface area contributed by atoms with Gasteiger partial charge >= 0.3 is 0 Å². The zero-order chi connectivity index (χ0) is 15.0. The van der Waals surface area contributed by atoms with E-state index in [1.54, 1.807) is 12.1 Å². The first-order valence-electron chi connectivity index (χ1n) is 7.85. The van der Waals surface area contributed by atoms with E-state index in [0.29, 0.717) is 24.7 Å². The van der Waals surface area contributed by atoms with Crippen LogP contribution in [0.5, 0.6) is 0 Å². The summed E-state index contributed by atoms with van der Waals surface area (Å²) in [5.74, 6) is -0.756. The molecule has 1 aromatic heterocycles. The first-order chi connectivity index (χ1) is 10.7. The van der Waals surface area contributed by atoms with Crippen molar-refractivity contribution in [3.63, 3.8) is 0 Å². The summed E-state index contributed by atoms with van der Waals surface area (Å²) < 4.78 is 31.0. The third kappa shape index (κ3) is 2.57. The van der Waals surface area contributed by atoms with Gasteiger partial charge in [-0.1, -0.05) is 12.5 Å². The number of nitrogens with zero attached hydrogens (tertiary/aromatic N) is 1. The molecular weight excluding hydrogens is 287 g/mol. The van der Waals surface area contributed by atoms with Crippen molar-refractivity contribution in [1.82, 2.24) is 4.98 Å². The van der Waals surface area contributed by atoms with Crippen LogP contribution in [0.1, 0.15) is 32.1 Å². The molecule has 2 heterocycles. The van der Waals surface area contributed by atoms with Crippen LogP contribution in [0.4, 0.5) is 10.4 Å². The van der Waals surface area contributed by atoms with Gasteiger partial charge in [0.15, 0.2) is 17.2 Å². The predicted octanol–water partition coefficient (Wildman–Crippen LogP) is 3.45. The minimum absolute atomic E-state index is 0.0297. The standard InChI is InChI=1S/C16H19FN2O3/c17-12-5-4-6-13-14(12)19-15(21-13)18-9-11-10-20-16(22-11)7-2-1-3-8-16/h4-6,11H,1-3,7-10H2,(H,18,19)/t11-/m1/s1. The number of anilines is 1. The number of ether oxygens (including phenoxy) is 2. The molecule has 2 fully saturated rings. The van der Waals surface area contributed by atoms with E-state index >= 15 is 0 Å². The van der Waals surface area contributed by atoms with E-state index in [1.807, 2.05) is 0 Å². The molecule has 0 bridgehead atoms. The quantitative estimate of drug-likeness (QED) is 0.941. The van der Waals surface area contributed by atoms with Crippen LogP contribution < -0.4 is 5.32 Å². The molecule has 1 saturated heterocycles. The van der Waals surface area contributed by atoms with Crippen molar-refractivity contribution < 1.29 is 18.3 Å². The molecular formula is C16H19FN2O3. The summed E-state index contributed by atoms with van der Waals surface area (Å²) in [5.41, 5.74) is 0.687. The molecule has 5 nitrogen and oxygen atoms in total. The summed E-state index contributed by atoms with van der Waals surface area (Å²) in [5, 5.41) is 3.08. The maximum atomic E-state index is 13.6. The van der Waals surface area contributed by atoms with Crippen LogP contribution in [0.2, 0.25) is 0 Å². The van der Waals surface area contributed by atoms with Gasteiger partial charge in [-0.05, 0) is 25.0 Å². The summed E-state index contributed by atoms with van der Waals surface area (Å²) in [7, 11) is 0. The molecule has 0 amide bonds. The molecule has 1 spiro atoms. The predicted molar refractivity (Wildman–Crippen MR) is 79.1 cm³/mol. The van der Waals surface area contributed by atoms with Crippen molar-refractivity contribution in [3.8, 4) is 0 Å². The molecule has 1 atom stereocenters. The monoisotopic (exact) mass is 306 g/mol. The Labute approximate surface area is 127 Å². The molecule has 0 radical (unpaired) electrons. The van der Waals surface area contributed by atoms with E-state index in [2.05, 4.69) is 10.3 Å². The molecule has 2 aromatic rings. The van der Waals surface area contributed by atoms with Crippen LogP contribution in [0.25, 0.3) is 11.1 Å². The lowest BCUT2D eigenvalue weighted by atomic mass is 9.94. The smallest absolute Gasteiger partial charge is 0.295 e. The van der Waals surface area contributed by atoms with Crippen molar-refractivity contribution in [2.45, 2.75) is 44.0 Å². The van der Waals surface area contributed by atoms with Crippen molar-refractivity contribution in [2.75, 3.05) is 18.5 Å². The van der Waals surface area contributed by atoms with Gasteiger partial charge in [0, 0.05) is 19.4 Å². The maximum Gasteiger partial charge on any atom is 0.295 e. The van der Waals surface area contributed by atoms with Crippen LogP contribution in [-0.2, 0) is 9.47 Å². The number of halogens is 1. The Bertz CT molecular complexity index is 666. The molecule has 22 heavy (non-hydrogen) atoms. The van der Waals surface area contributed by atoms with Gasteiger partial charge in [0.2, 0.25) is 0 Å². The van der Waals surface area contributed by atoms with Crippen LogP contribution >= 0.6 is 0 Å². The Balaban J connectivity index is 1.39. The fraction of sp³-hybridized carbons (Fsp3) is 0.562. The number of fused-ring (bicyclic) bond motifs is 1. The molecule has 1 N–H and O–H groups in total. The highest BCUT2D eigenvalue weighted by Crippen LogP contribution is 2.37. The van der Waals surface area contributed by atoms with E-state index in [4.69, 9.17) is 13.9 Å². The van der Waals surface area contributed by atoms with Crippen LogP contribution in [-0.4, -0.2) is 30.0 Å². The second-order valence-corrected chi connectivity index (χ2v) is 6.01. The molecule has 1 aromatic carbocycles. The van der Waals surface area contributed by atoms with Crippen molar-refractivity contribution in [3.05, 3.63) is 24.0 Å². The number of benzene rings is 1. The van der Waals surface area contributed by atoms with Crippen molar-refractivity contribution >= 4 is 17.1 Å². The third-order valence-electron chi connectivity index (χ3n) is 4.38. The zero-order valence-corrected chi connectivity index (χ0v) is 12.3. The van der Waals surface area contributed by atoms with Gasteiger partial charge in [-0.2, -0.15) is 4.98 Å². The molecule has 2 aliphatic rings. The van der Waals surface area contributed by atoms with Gasteiger partial charge in [-0.25, -0.2) is 4.39 Å². The van der Waals surface area contributed by atoms with Gasteiger partial charge in [0.25, 0.3) is 6.01 Å². The summed E-state index contributed by atoms with van der Waals surface area (Å²) in [6.45, 7) is 1.11. The van der Waals surface area contributed by atoms with E-state index in [-0.39, 0.29) is 23.2 Å². The zero-order valence-electron chi connectivity index (χ0n) is 12.3. The largest absolute Gasteiger partial charge is 0.423 e. The number of rotatable bonds is 3. The average Bonchev–Trinajstić information content (AvgIpc) is 3.11. The topological polar surface area (TPSA) is 56.5 Å². The highest BCUT2D eigenvalue weighted by molar-refractivity contribution is 5.74. The Hall–Kier alpha value is -1.66. The lowest BCUT2D eigenvalue weighted by molar-refractivity contribution is -0.185. The summed E-state index contributed by atoms with van der Waals surface area (Å²) in [6.07, 6.45) is 5.48. The fourth-order valence-corrected chi connectivity index (χ4v) is 3.26. The molecule has 1 aliphatic carbocycles. The highest BCUT2D eigenvalue weighted by atomic mass is 19.1. The number of para-hydroxylation sites is 1. The Morgan fingerprint density at radius 3 is 2.95 bits per heavy atom. The van der Waals surface area contributed by atoms with Crippen LogP contribution in [0, 0.1) is 5.82 Å². The Morgan fingerprint density at radius 1 is 1.27 bits per heavy atom. The third-order valence-corrected chi connectivity index (χ3v) is 4.38. The number of hydrogen-bond donors (Lipinski definition) is 1. The van der Waals surface area contributed by atoms with Gasteiger partial charge in [0.05, 0.1) is 6.61 Å². The number of oxazole rings is 1. The van der Waals surface area contributed by atoms with Crippen molar-refractivity contribution in [1.29, 1.82) is 0 Å². The van der Waals surface area contributed by atoms with E-state index in [0.717, 1.165) is 25.7 Å². The first kappa shape index (κ1) is 14.0. The molecule has 1 saturated carbocycles. The lowest BCUT2D eigenvalue weighted by Crippen LogP contribution is -2.34. The average molecular weight is 306 g/mol. The molecule has 6 heteroatoms. The van der Waals surface area contributed by atoms with E-state index in [9.17, 15) is 4.39 Å². The van der Waals surface area contributed by atoms with Gasteiger partial charge in [-0.3, -0.25) is 0 Å². The number of hydrogen-bond acceptors (Lipinski definition) is 5. The molecule has 118 valence electrons. The Kier molecular flexibility index (Phi) is 3.50. The van der Waals surface area contributed by atoms with E-state index < -0.39 is 0 Å². The SMILES string of the molecule is Fc1cccc2oc(NC[C@@H]3COC4(CCCCC4)O3)nc12. The second kappa shape index (κ2) is 5.52. The van der Waals surface area contributed by atoms with E-state index in [1.165, 1.54) is 12.5 Å².